The Morgan fingerprint density at radius 3 is 2.59 bits per heavy atom. The van der Waals surface area contributed by atoms with Crippen LogP contribution in [0.25, 0.3) is 11.4 Å². The highest BCUT2D eigenvalue weighted by molar-refractivity contribution is 7.99. The van der Waals surface area contributed by atoms with E-state index in [9.17, 15) is 4.79 Å². The second-order valence-corrected chi connectivity index (χ2v) is 9.73. The van der Waals surface area contributed by atoms with E-state index in [0.29, 0.717) is 16.8 Å². The van der Waals surface area contributed by atoms with E-state index in [4.69, 9.17) is 11.6 Å². The summed E-state index contributed by atoms with van der Waals surface area (Å²) in [7, 11) is 0. The van der Waals surface area contributed by atoms with Crippen LogP contribution in [0.2, 0.25) is 5.02 Å². The van der Waals surface area contributed by atoms with Crippen molar-refractivity contribution in [1.82, 2.24) is 20.1 Å². The van der Waals surface area contributed by atoms with E-state index < -0.39 is 0 Å². The zero-order valence-electron chi connectivity index (χ0n) is 18.3. The smallest absolute Gasteiger partial charge is 0.230 e. The maximum Gasteiger partial charge on any atom is 0.230 e. The molecule has 1 atom stereocenters. The maximum absolute atomic E-state index is 12.6. The van der Waals surface area contributed by atoms with Gasteiger partial charge >= 0.3 is 0 Å². The first kappa shape index (κ1) is 22.9. The molecule has 32 heavy (non-hydrogen) atoms. The molecule has 1 aliphatic carbocycles. The van der Waals surface area contributed by atoms with E-state index in [2.05, 4.69) is 39.1 Å². The first-order chi connectivity index (χ1) is 15.6. The van der Waals surface area contributed by atoms with Gasteiger partial charge in [0.15, 0.2) is 11.0 Å². The van der Waals surface area contributed by atoms with Crippen LogP contribution in [-0.2, 0) is 11.2 Å². The molecule has 4 rings (SSSR count). The summed E-state index contributed by atoms with van der Waals surface area (Å²) >= 11 is 7.91. The third-order valence-corrected chi connectivity index (χ3v) is 7.19. The minimum absolute atomic E-state index is 0.0239. The number of hydrogen-bond donors (Lipinski definition) is 1. The minimum atomic E-state index is 0.0239. The van der Waals surface area contributed by atoms with E-state index in [0.717, 1.165) is 42.2 Å². The topological polar surface area (TPSA) is 59.8 Å². The summed E-state index contributed by atoms with van der Waals surface area (Å²) in [5.74, 6) is 1.14. The van der Waals surface area contributed by atoms with Crippen molar-refractivity contribution >= 4 is 29.3 Å². The summed E-state index contributed by atoms with van der Waals surface area (Å²) in [6, 6.07) is 18.6. The van der Waals surface area contributed by atoms with Crippen LogP contribution in [0.1, 0.15) is 50.6 Å². The Balaban J connectivity index is 1.39. The quantitative estimate of drug-likeness (QED) is 0.394. The van der Waals surface area contributed by atoms with Crippen molar-refractivity contribution in [3.05, 3.63) is 65.2 Å². The van der Waals surface area contributed by atoms with Gasteiger partial charge in [-0.3, -0.25) is 9.36 Å². The van der Waals surface area contributed by atoms with Gasteiger partial charge in [0.1, 0.15) is 0 Å². The van der Waals surface area contributed by atoms with Crippen LogP contribution in [0.15, 0.2) is 59.8 Å². The third-order valence-electron chi connectivity index (χ3n) is 5.92. The summed E-state index contributed by atoms with van der Waals surface area (Å²) in [5, 5.41) is 13.5. The molecule has 1 aromatic heterocycles. The standard InChI is InChI=1S/C25H29ClN4OS/c1-18(15-16-19-9-3-2-4-10-19)27-23(31)17-32-25-29-28-24(21-13-7-8-14-22(21)26)30(25)20-11-5-6-12-20/h2-4,7-10,13-14,18,20H,5-6,11-12,15-17H2,1H3,(H,27,31). The van der Waals surface area contributed by atoms with Gasteiger partial charge in [-0.25, -0.2) is 0 Å². The predicted octanol–water partition coefficient (Wildman–Crippen LogP) is 5.94. The molecule has 0 spiro atoms. The van der Waals surface area contributed by atoms with Crippen LogP contribution in [0, 0.1) is 0 Å². The molecular formula is C25H29ClN4OS. The van der Waals surface area contributed by atoms with Gasteiger partial charge in [0, 0.05) is 17.6 Å². The number of thioether (sulfide) groups is 1. The average Bonchev–Trinajstić information content (AvgIpc) is 3.47. The second-order valence-electron chi connectivity index (χ2n) is 8.38. The number of nitrogens with one attached hydrogen (secondary N) is 1. The normalized spacial score (nSPS) is 15.1. The van der Waals surface area contributed by atoms with E-state index >= 15 is 0 Å². The molecule has 0 aliphatic heterocycles. The van der Waals surface area contributed by atoms with Gasteiger partial charge in [-0.15, -0.1) is 10.2 Å². The Kier molecular flexibility index (Phi) is 7.87. The Hall–Kier alpha value is -2.31. The Morgan fingerprint density at radius 1 is 1.12 bits per heavy atom. The summed E-state index contributed by atoms with van der Waals surface area (Å²) in [6.45, 7) is 2.06. The van der Waals surface area contributed by atoms with Gasteiger partial charge in [-0.2, -0.15) is 0 Å². The Labute approximate surface area is 199 Å². The van der Waals surface area contributed by atoms with E-state index in [1.165, 1.54) is 30.2 Å². The molecule has 0 bridgehead atoms. The van der Waals surface area contributed by atoms with Crippen LogP contribution < -0.4 is 5.32 Å². The van der Waals surface area contributed by atoms with Crippen molar-refractivity contribution in [1.29, 1.82) is 0 Å². The number of aryl methyl sites for hydroxylation is 1. The van der Waals surface area contributed by atoms with Crippen LogP contribution in [0.3, 0.4) is 0 Å². The zero-order chi connectivity index (χ0) is 22.3. The molecule has 3 aromatic rings. The van der Waals surface area contributed by atoms with Crippen molar-refractivity contribution in [2.24, 2.45) is 0 Å². The van der Waals surface area contributed by atoms with Crippen LogP contribution in [-0.4, -0.2) is 32.5 Å². The van der Waals surface area contributed by atoms with Crippen LogP contribution in [0.5, 0.6) is 0 Å². The van der Waals surface area contributed by atoms with Crippen molar-refractivity contribution in [2.75, 3.05) is 5.75 Å². The molecule has 1 unspecified atom stereocenters. The highest BCUT2D eigenvalue weighted by atomic mass is 35.5. The van der Waals surface area contributed by atoms with Crippen molar-refractivity contribution in [3.63, 3.8) is 0 Å². The zero-order valence-corrected chi connectivity index (χ0v) is 19.9. The van der Waals surface area contributed by atoms with E-state index in [1.807, 2.05) is 42.5 Å². The molecule has 168 valence electrons. The summed E-state index contributed by atoms with van der Waals surface area (Å²) < 4.78 is 2.20. The van der Waals surface area contributed by atoms with Gasteiger partial charge in [-0.1, -0.05) is 78.7 Å². The molecule has 1 amide bonds. The van der Waals surface area contributed by atoms with Gasteiger partial charge < -0.3 is 5.32 Å². The summed E-state index contributed by atoms with van der Waals surface area (Å²) in [6.07, 6.45) is 6.47. The number of halogens is 1. The number of amides is 1. The molecule has 1 fully saturated rings. The number of rotatable bonds is 9. The Morgan fingerprint density at radius 2 is 1.84 bits per heavy atom. The molecule has 2 aromatic carbocycles. The van der Waals surface area contributed by atoms with E-state index in [1.54, 1.807) is 0 Å². The predicted molar refractivity (Wildman–Crippen MR) is 131 cm³/mol. The third kappa shape index (κ3) is 5.73. The fourth-order valence-electron chi connectivity index (χ4n) is 4.24. The van der Waals surface area contributed by atoms with Gasteiger partial charge in [0.2, 0.25) is 5.91 Å². The minimum Gasteiger partial charge on any atom is -0.353 e. The van der Waals surface area contributed by atoms with Crippen LogP contribution >= 0.6 is 23.4 Å². The Bertz CT molecular complexity index is 1030. The second kappa shape index (κ2) is 11.0. The number of aromatic nitrogens is 3. The maximum atomic E-state index is 12.6. The highest BCUT2D eigenvalue weighted by Crippen LogP contribution is 2.38. The largest absolute Gasteiger partial charge is 0.353 e. The molecule has 0 saturated heterocycles. The fourth-order valence-corrected chi connectivity index (χ4v) is 5.28. The lowest BCUT2D eigenvalue weighted by atomic mass is 10.1. The monoisotopic (exact) mass is 468 g/mol. The van der Waals surface area contributed by atoms with Crippen molar-refractivity contribution in [2.45, 2.75) is 62.7 Å². The highest BCUT2D eigenvalue weighted by Gasteiger charge is 2.26. The number of carbonyl (C=O) groups is 1. The number of carbonyl (C=O) groups excluding carboxylic acids is 1. The summed E-state index contributed by atoms with van der Waals surface area (Å²) in [5.41, 5.74) is 2.18. The molecule has 1 aliphatic rings. The molecule has 1 saturated carbocycles. The molecule has 1 N–H and O–H groups in total. The lowest BCUT2D eigenvalue weighted by molar-refractivity contribution is -0.119. The number of nitrogens with zero attached hydrogens (tertiary/aromatic N) is 3. The first-order valence-corrected chi connectivity index (χ1v) is 12.6. The van der Waals surface area contributed by atoms with Crippen molar-refractivity contribution in [3.8, 4) is 11.4 Å². The van der Waals surface area contributed by atoms with Gasteiger partial charge in [0.05, 0.1) is 10.8 Å². The molecule has 0 radical (unpaired) electrons. The lowest BCUT2D eigenvalue weighted by Crippen LogP contribution is -2.34. The summed E-state index contributed by atoms with van der Waals surface area (Å²) in [4.78, 5) is 12.6. The fraction of sp³-hybridized carbons (Fsp3) is 0.400. The number of benzene rings is 2. The van der Waals surface area contributed by atoms with Gasteiger partial charge in [0.25, 0.3) is 0 Å². The molecule has 7 heteroatoms. The molecular weight excluding hydrogens is 440 g/mol. The van der Waals surface area contributed by atoms with Crippen LogP contribution in [0.4, 0.5) is 0 Å². The number of hydrogen-bond acceptors (Lipinski definition) is 4. The SMILES string of the molecule is CC(CCc1ccccc1)NC(=O)CSc1nnc(-c2ccccc2Cl)n1C1CCCC1. The first-order valence-electron chi connectivity index (χ1n) is 11.3. The van der Waals surface area contributed by atoms with Gasteiger partial charge in [-0.05, 0) is 50.3 Å². The molecule has 5 nitrogen and oxygen atoms in total. The average molecular weight is 469 g/mol. The van der Waals surface area contributed by atoms with Crippen molar-refractivity contribution < 1.29 is 4.79 Å². The lowest BCUT2D eigenvalue weighted by Gasteiger charge is -2.18. The molecule has 1 heterocycles. The van der Waals surface area contributed by atoms with E-state index in [-0.39, 0.29) is 11.9 Å².